The summed E-state index contributed by atoms with van der Waals surface area (Å²) in [6.07, 6.45) is -4.86. The third-order valence-corrected chi connectivity index (χ3v) is 1.48. The molecular formula is C7H9NaO9. The molecule has 9 nitrogen and oxygen atoms in total. The third-order valence-electron chi connectivity index (χ3n) is 1.48. The van der Waals surface area contributed by atoms with E-state index in [9.17, 15) is 4.79 Å². The molecule has 0 aromatic carbocycles. The van der Waals surface area contributed by atoms with Crippen LogP contribution in [0.4, 0.5) is 4.79 Å². The average Bonchev–Trinajstić information content (AvgIpc) is 2.44. The van der Waals surface area contributed by atoms with Gasteiger partial charge < -0.3 is 40.2 Å². The molecule has 1 aliphatic rings. The summed E-state index contributed by atoms with van der Waals surface area (Å²) in [6.45, 7) is -0.671. The summed E-state index contributed by atoms with van der Waals surface area (Å²) < 4.78 is 4.32. The van der Waals surface area contributed by atoms with Crippen LogP contribution in [0.5, 0.6) is 0 Å². The second-order valence-corrected chi connectivity index (χ2v) is 2.58. The molecule has 5 N–H and O–H groups in total. The summed E-state index contributed by atoms with van der Waals surface area (Å²) in [5, 5.41) is 50.4. The predicted octanol–water partition coefficient (Wildman–Crippen LogP) is -5.52. The fourth-order valence-corrected chi connectivity index (χ4v) is 0.823. The normalized spacial score (nSPS) is 19.6. The third kappa shape index (κ3) is 5.75. The Kier molecular flexibility index (Phi) is 8.80. The van der Waals surface area contributed by atoms with Gasteiger partial charge in [0.2, 0.25) is 11.9 Å². The Bertz CT molecular complexity index is 308. The minimum absolute atomic E-state index is 0. The molecular weight excluding hydrogens is 251 g/mol. The molecule has 0 amide bonds. The SMILES string of the molecule is O=C([O-])O.O=C1O[C@H](C(O)CO)C(O)=C1O.[Na+]. The largest absolute Gasteiger partial charge is 1.00 e. The van der Waals surface area contributed by atoms with Crippen LogP contribution in [0.2, 0.25) is 0 Å². The first-order valence-electron chi connectivity index (χ1n) is 3.83. The van der Waals surface area contributed by atoms with Gasteiger partial charge in [-0.15, -0.1) is 0 Å². The number of carbonyl (C=O) groups excluding carboxylic acids is 1. The van der Waals surface area contributed by atoms with E-state index in [0.717, 1.165) is 0 Å². The molecule has 1 aliphatic heterocycles. The van der Waals surface area contributed by atoms with Gasteiger partial charge in [-0.3, -0.25) is 0 Å². The minimum Gasteiger partial charge on any atom is -0.565 e. The summed E-state index contributed by atoms with van der Waals surface area (Å²) >= 11 is 0. The van der Waals surface area contributed by atoms with E-state index < -0.39 is 42.5 Å². The number of esters is 1. The number of hydrogen-bond acceptors (Lipinski definition) is 8. The van der Waals surface area contributed by atoms with Gasteiger partial charge >= 0.3 is 35.5 Å². The van der Waals surface area contributed by atoms with Gasteiger partial charge in [-0.05, 0) is 0 Å². The predicted molar refractivity (Wildman–Crippen MR) is 43.3 cm³/mol. The first-order valence-corrected chi connectivity index (χ1v) is 3.83. The van der Waals surface area contributed by atoms with Crippen LogP contribution < -0.4 is 34.7 Å². The van der Waals surface area contributed by atoms with Crippen LogP contribution in [0.25, 0.3) is 0 Å². The molecule has 0 spiro atoms. The molecule has 10 heteroatoms. The van der Waals surface area contributed by atoms with Crippen molar-refractivity contribution in [3.8, 4) is 0 Å². The van der Waals surface area contributed by atoms with E-state index in [1.807, 2.05) is 0 Å². The Hall–Kier alpha value is -1.00. The van der Waals surface area contributed by atoms with Gasteiger partial charge in [0, 0.05) is 0 Å². The molecule has 2 atom stereocenters. The van der Waals surface area contributed by atoms with Gasteiger partial charge in [-0.1, -0.05) is 0 Å². The van der Waals surface area contributed by atoms with Crippen LogP contribution >= 0.6 is 0 Å². The fourth-order valence-electron chi connectivity index (χ4n) is 0.823. The zero-order valence-corrected chi connectivity index (χ0v) is 10.7. The van der Waals surface area contributed by atoms with Crippen molar-refractivity contribution in [3.63, 3.8) is 0 Å². The maximum atomic E-state index is 10.5. The van der Waals surface area contributed by atoms with E-state index in [1.165, 1.54) is 0 Å². The smallest absolute Gasteiger partial charge is 0.565 e. The Morgan fingerprint density at radius 3 is 2.12 bits per heavy atom. The molecule has 1 unspecified atom stereocenters. The molecule has 0 bridgehead atoms. The van der Waals surface area contributed by atoms with Gasteiger partial charge in [0.1, 0.15) is 6.10 Å². The zero-order valence-electron chi connectivity index (χ0n) is 8.73. The molecule has 0 saturated heterocycles. The average molecular weight is 260 g/mol. The number of cyclic esters (lactones) is 1. The molecule has 92 valence electrons. The van der Waals surface area contributed by atoms with E-state index in [1.54, 1.807) is 0 Å². The van der Waals surface area contributed by atoms with Crippen molar-refractivity contribution in [1.29, 1.82) is 0 Å². The van der Waals surface area contributed by atoms with E-state index in [2.05, 4.69) is 4.74 Å². The quantitative estimate of drug-likeness (QED) is 0.240. The molecule has 0 aromatic heterocycles. The number of aliphatic hydroxyl groups is 4. The van der Waals surface area contributed by atoms with Crippen LogP contribution in [0.3, 0.4) is 0 Å². The van der Waals surface area contributed by atoms with E-state index in [-0.39, 0.29) is 29.6 Å². The topological polar surface area (TPSA) is 168 Å². The zero-order chi connectivity index (χ0) is 12.9. The first-order chi connectivity index (χ1) is 7.31. The van der Waals surface area contributed by atoms with Crippen molar-refractivity contribution in [1.82, 2.24) is 0 Å². The molecule has 0 saturated carbocycles. The van der Waals surface area contributed by atoms with Crippen LogP contribution in [-0.2, 0) is 9.53 Å². The maximum absolute atomic E-state index is 10.5. The molecule has 1 heterocycles. The second kappa shape index (κ2) is 8.14. The summed E-state index contributed by atoms with van der Waals surface area (Å²) in [6, 6.07) is 0. The van der Waals surface area contributed by atoms with E-state index in [0.29, 0.717) is 0 Å². The summed E-state index contributed by atoms with van der Waals surface area (Å²) in [4.78, 5) is 19.0. The van der Waals surface area contributed by atoms with Crippen molar-refractivity contribution in [2.45, 2.75) is 12.2 Å². The monoisotopic (exact) mass is 260 g/mol. The Morgan fingerprint density at radius 2 is 1.88 bits per heavy atom. The number of aliphatic hydroxyl groups excluding tert-OH is 4. The van der Waals surface area contributed by atoms with Crippen LogP contribution in [0.1, 0.15) is 0 Å². The minimum atomic E-state index is -2.08. The first kappa shape index (κ1) is 18.4. The van der Waals surface area contributed by atoms with Crippen molar-refractivity contribution in [2.75, 3.05) is 6.61 Å². The van der Waals surface area contributed by atoms with E-state index >= 15 is 0 Å². The number of carboxylic acid groups (broad SMARTS) is 2. The fraction of sp³-hybridized carbons (Fsp3) is 0.429. The molecule has 0 aliphatic carbocycles. The molecule has 0 aromatic rings. The van der Waals surface area contributed by atoms with E-state index in [4.69, 9.17) is 35.4 Å². The number of ether oxygens (including phenoxy) is 1. The second-order valence-electron chi connectivity index (χ2n) is 2.58. The number of rotatable bonds is 2. The van der Waals surface area contributed by atoms with Gasteiger partial charge in [-0.25, -0.2) is 4.79 Å². The summed E-state index contributed by atoms with van der Waals surface area (Å²) in [7, 11) is 0. The van der Waals surface area contributed by atoms with Gasteiger partial charge in [0.25, 0.3) is 0 Å². The van der Waals surface area contributed by atoms with Crippen molar-refractivity contribution in [3.05, 3.63) is 11.5 Å². The maximum Gasteiger partial charge on any atom is 1.00 e. The van der Waals surface area contributed by atoms with Gasteiger partial charge in [-0.2, -0.15) is 0 Å². The molecule has 0 radical (unpaired) electrons. The Balaban J connectivity index is 0. The number of hydrogen-bond donors (Lipinski definition) is 5. The summed E-state index contributed by atoms with van der Waals surface area (Å²) in [5.74, 6) is -2.78. The van der Waals surface area contributed by atoms with Crippen LogP contribution in [-0.4, -0.2) is 56.5 Å². The van der Waals surface area contributed by atoms with Crippen molar-refractivity contribution in [2.24, 2.45) is 0 Å². The molecule has 0 fully saturated rings. The number of carbonyl (C=O) groups is 2. The Labute approximate surface area is 117 Å². The summed E-state index contributed by atoms with van der Waals surface area (Å²) in [5.41, 5.74) is 0. The van der Waals surface area contributed by atoms with Gasteiger partial charge in [0.05, 0.1) is 6.61 Å². The standard InChI is InChI=1S/C6H8O6.CH2O3.Na/c7-1-2(8)5-3(9)4(10)6(11)12-5;2-1(3)4;/h2,5,7-10H,1H2;(H2,2,3,4);/q;;+1/p-1/t2?,5-;;/m1../s1. The molecule has 17 heavy (non-hydrogen) atoms. The van der Waals surface area contributed by atoms with Crippen LogP contribution in [0.15, 0.2) is 11.5 Å². The molecule has 1 rings (SSSR count). The van der Waals surface area contributed by atoms with Crippen molar-refractivity contribution >= 4 is 12.1 Å². The Morgan fingerprint density at radius 1 is 1.47 bits per heavy atom. The van der Waals surface area contributed by atoms with Gasteiger partial charge in [0.15, 0.2) is 11.9 Å². The van der Waals surface area contributed by atoms with Crippen molar-refractivity contribution < 1.29 is 74.5 Å². The van der Waals surface area contributed by atoms with Crippen LogP contribution in [0, 0.1) is 0 Å².